The molecule has 0 aliphatic carbocycles. The lowest BCUT2D eigenvalue weighted by Crippen LogP contribution is -2.17. The van der Waals surface area contributed by atoms with Crippen molar-refractivity contribution in [1.29, 1.82) is 0 Å². The molecule has 0 saturated heterocycles. The number of phenolic OH excluding ortho intramolecular Hbond substituents is 2. The topological polar surface area (TPSA) is 148 Å². The monoisotopic (exact) mass is 312 g/mol. The number of anilines is 1. The number of nitrogens with zero attached hydrogens (tertiary/aromatic N) is 2. The highest BCUT2D eigenvalue weighted by Crippen LogP contribution is 2.24. The minimum atomic E-state index is -4.07. The van der Waals surface area contributed by atoms with Gasteiger partial charge in [0.2, 0.25) is 10.0 Å². The van der Waals surface area contributed by atoms with E-state index in [1.807, 2.05) is 0 Å². The molecular formula is C11H12N4O5S. The van der Waals surface area contributed by atoms with E-state index in [4.69, 9.17) is 5.14 Å². The van der Waals surface area contributed by atoms with Gasteiger partial charge in [-0.05, 0) is 18.2 Å². The Morgan fingerprint density at radius 2 is 2.05 bits per heavy atom. The maximum Gasteiger partial charge on any atom is 0.260 e. The van der Waals surface area contributed by atoms with Crippen LogP contribution in [0.5, 0.6) is 11.5 Å². The average molecular weight is 312 g/mol. The van der Waals surface area contributed by atoms with Crippen molar-refractivity contribution in [2.24, 2.45) is 12.2 Å². The molecule has 0 fully saturated rings. The summed E-state index contributed by atoms with van der Waals surface area (Å²) in [6.07, 6.45) is 1.13. The van der Waals surface area contributed by atoms with Crippen LogP contribution < -0.4 is 10.5 Å². The lowest BCUT2D eigenvalue weighted by Gasteiger charge is -2.06. The molecule has 2 rings (SSSR count). The number of hydrogen-bond donors (Lipinski definition) is 4. The quantitative estimate of drug-likeness (QED) is 0.573. The van der Waals surface area contributed by atoms with Crippen LogP contribution in [0.15, 0.2) is 29.3 Å². The van der Waals surface area contributed by atoms with Crippen LogP contribution in [0.25, 0.3) is 0 Å². The second-order valence-corrected chi connectivity index (χ2v) is 5.75. The molecule has 1 aromatic heterocycles. The van der Waals surface area contributed by atoms with Crippen molar-refractivity contribution >= 4 is 21.7 Å². The Hall–Kier alpha value is -2.59. The molecule has 21 heavy (non-hydrogen) atoms. The van der Waals surface area contributed by atoms with Crippen molar-refractivity contribution in [3.05, 3.63) is 30.0 Å². The Kier molecular flexibility index (Phi) is 3.58. The summed E-state index contributed by atoms with van der Waals surface area (Å²) in [6, 6.07) is 3.36. The van der Waals surface area contributed by atoms with Crippen LogP contribution in [-0.4, -0.2) is 34.3 Å². The van der Waals surface area contributed by atoms with Gasteiger partial charge in [-0.1, -0.05) is 0 Å². The van der Waals surface area contributed by atoms with E-state index in [1.54, 1.807) is 0 Å². The minimum absolute atomic E-state index is 0.231. The predicted molar refractivity (Wildman–Crippen MR) is 72.3 cm³/mol. The third kappa shape index (κ3) is 3.12. The van der Waals surface area contributed by atoms with Gasteiger partial charge in [-0.15, -0.1) is 0 Å². The number of carbonyl (C=O) groups excluding carboxylic acids is 1. The Morgan fingerprint density at radius 3 is 2.67 bits per heavy atom. The zero-order valence-electron chi connectivity index (χ0n) is 10.8. The molecule has 0 spiro atoms. The van der Waals surface area contributed by atoms with Crippen molar-refractivity contribution < 1.29 is 23.4 Å². The summed E-state index contributed by atoms with van der Waals surface area (Å²) in [7, 11) is -2.61. The first-order valence-corrected chi connectivity index (χ1v) is 7.13. The number of nitrogens with one attached hydrogen (secondary N) is 1. The molecular weight excluding hydrogens is 300 g/mol. The molecule has 0 aliphatic heterocycles. The SMILES string of the molecule is Cn1cc(S(N)(=O)=O)c(NC(=O)c2cc(O)ccc2O)n1. The summed E-state index contributed by atoms with van der Waals surface area (Å²) in [4.78, 5) is 11.6. The highest BCUT2D eigenvalue weighted by atomic mass is 32.2. The van der Waals surface area contributed by atoms with E-state index in [2.05, 4.69) is 10.4 Å². The fourth-order valence-corrected chi connectivity index (χ4v) is 2.30. The van der Waals surface area contributed by atoms with Crippen LogP contribution in [0.1, 0.15) is 10.4 Å². The fourth-order valence-electron chi connectivity index (χ4n) is 1.64. The average Bonchev–Trinajstić information content (AvgIpc) is 2.73. The fraction of sp³-hybridized carbons (Fsp3) is 0.0909. The van der Waals surface area contributed by atoms with Crippen LogP contribution in [0.2, 0.25) is 0 Å². The first-order chi connectivity index (χ1) is 9.68. The number of rotatable bonds is 3. The molecule has 1 heterocycles. The van der Waals surface area contributed by atoms with Gasteiger partial charge < -0.3 is 15.5 Å². The first-order valence-electron chi connectivity index (χ1n) is 5.58. The van der Waals surface area contributed by atoms with Crippen LogP contribution in [-0.2, 0) is 17.1 Å². The maximum absolute atomic E-state index is 12.0. The largest absolute Gasteiger partial charge is 0.508 e. The molecule has 0 saturated carbocycles. The van der Waals surface area contributed by atoms with E-state index in [0.29, 0.717) is 0 Å². The molecule has 0 atom stereocenters. The number of carbonyl (C=O) groups is 1. The Morgan fingerprint density at radius 1 is 1.38 bits per heavy atom. The van der Waals surface area contributed by atoms with Crippen molar-refractivity contribution in [3.63, 3.8) is 0 Å². The van der Waals surface area contributed by atoms with E-state index < -0.39 is 15.9 Å². The van der Waals surface area contributed by atoms with Gasteiger partial charge in [0.1, 0.15) is 16.4 Å². The molecule has 112 valence electrons. The number of amides is 1. The van der Waals surface area contributed by atoms with Gasteiger partial charge in [0.15, 0.2) is 5.82 Å². The Bertz CT molecular complexity index is 812. The number of sulfonamides is 1. The van der Waals surface area contributed by atoms with Gasteiger partial charge in [0.25, 0.3) is 5.91 Å². The summed E-state index contributed by atoms with van der Waals surface area (Å²) in [5, 5.41) is 29.9. The summed E-state index contributed by atoms with van der Waals surface area (Å²) < 4.78 is 23.9. The Balaban J connectivity index is 2.39. The molecule has 5 N–H and O–H groups in total. The predicted octanol–water partition coefficient (Wildman–Crippen LogP) is -0.269. The maximum atomic E-state index is 12.0. The van der Waals surface area contributed by atoms with E-state index in [0.717, 1.165) is 23.0 Å². The van der Waals surface area contributed by atoms with Gasteiger partial charge in [0, 0.05) is 13.2 Å². The Labute approximate surface area is 119 Å². The van der Waals surface area contributed by atoms with Gasteiger partial charge in [-0.3, -0.25) is 9.48 Å². The molecule has 0 aliphatic rings. The number of aromatic nitrogens is 2. The number of nitrogens with two attached hydrogens (primary N) is 1. The molecule has 10 heteroatoms. The smallest absolute Gasteiger partial charge is 0.260 e. The summed E-state index contributed by atoms with van der Waals surface area (Å²) in [5.41, 5.74) is -0.235. The van der Waals surface area contributed by atoms with E-state index >= 15 is 0 Å². The van der Waals surface area contributed by atoms with Crippen molar-refractivity contribution in [2.75, 3.05) is 5.32 Å². The van der Waals surface area contributed by atoms with Crippen LogP contribution in [0, 0.1) is 0 Å². The van der Waals surface area contributed by atoms with Crippen LogP contribution >= 0.6 is 0 Å². The van der Waals surface area contributed by atoms with Crippen LogP contribution in [0.4, 0.5) is 5.82 Å². The van der Waals surface area contributed by atoms with Gasteiger partial charge >= 0.3 is 0 Å². The molecule has 9 nitrogen and oxygen atoms in total. The third-order valence-corrected chi connectivity index (χ3v) is 3.47. The van der Waals surface area contributed by atoms with E-state index in [-0.39, 0.29) is 27.8 Å². The third-order valence-electron chi connectivity index (χ3n) is 2.56. The number of hydrogen-bond acceptors (Lipinski definition) is 6. The highest BCUT2D eigenvalue weighted by Gasteiger charge is 2.21. The standard InChI is InChI=1S/C11H12N4O5S/c1-15-5-9(21(12,19)20)10(14-15)13-11(18)7-4-6(16)2-3-8(7)17/h2-5,16-17H,1H3,(H2,12,19,20)(H,13,14,18). The van der Waals surface area contributed by atoms with Gasteiger partial charge in [0.05, 0.1) is 5.56 Å². The lowest BCUT2D eigenvalue weighted by atomic mass is 10.2. The van der Waals surface area contributed by atoms with Crippen molar-refractivity contribution in [3.8, 4) is 11.5 Å². The van der Waals surface area contributed by atoms with Crippen molar-refractivity contribution in [2.45, 2.75) is 4.90 Å². The van der Waals surface area contributed by atoms with E-state index in [1.165, 1.54) is 13.1 Å². The normalized spacial score (nSPS) is 11.3. The summed E-state index contributed by atoms with van der Waals surface area (Å²) in [6.45, 7) is 0. The summed E-state index contributed by atoms with van der Waals surface area (Å²) >= 11 is 0. The van der Waals surface area contributed by atoms with Crippen LogP contribution in [0.3, 0.4) is 0 Å². The second-order valence-electron chi connectivity index (χ2n) is 4.22. The zero-order chi connectivity index (χ0) is 15.8. The second kappa shape index (κ2) is 5.07. The van der Waals surface area contributed by atoms with Gasteiger partial charge in [-0.25, -0.2) is 13.6 Å². The molecule has 0 unspecified atom stereocenters. The first kappa shape index (κ1) is 14.8. The highest BCUT2D eigenvalue weighted by molar-refractivity contribution is 7.89. The minimum Gasteiger partial charge on any atom is -0.508 e. The number of benzene rings is 1. The molecule has 1 amide bonds. The number of aryl methyl sites for hydroxylation is 1. The number of primary sulfonamides is 1. The number of phenols is 2. The van der Waals surface area contributed by atoms with Crippen molar-refractivity contribution in [1.82, 2.24) is 9.78 Å². The molecule has 0 bridgehead atoms. The molecule has 2 aromatic rings. The molecule has 0 radical (unpaired) electrons. The zero-order valence-corrected chi connectivity index (χ0v) is 11.6. The molecule has 1 aromatic carbocycles. The summed E-state index contributed by atoms with van der Waals surface area (Å²) in [5.74, 6) is -1.72. The lowest BCUT2D eigenvalue weighted by molar-refractivity contribution is 0.102. The number of aromatic hydroxyl groups is 2. The van der Waals surface area contributed by atoms with Gasteiger partial charge in [-0.2, -0.15) is 5.10 Å². The van der Waals surface area contributed by atoms with E-state index in [9.17, 15) is 23.4 Å².